The van der Waals surface area contributed by atoms with Crippen molar-refractivity contribution in [2.24, 2.45) is 5.92 Å². The first-order valence-corrected chi connectivity index (χ1v) is 9.07. The smallest absolute Gasteiger partial charge is 0.275 e. The number of carbonyl (C=O) groups is 1. The van der Waals surface area contributed by atoms with Gasteiger partial charge in [0.2, 0.25) is 0 Å². The molecule has 1 fully saturated rings. The van der Waals surface area contributed by atoms with Gasteiger partial charge in [0.1, 0.15) is 11.0 Å². The van der Waals surface area contributed by atoms with E-state index in [1.54, 1.807) is 18.2 Å². The number of carbonyl (C=O) groups excluding carboxylic acids is 1. The Morgan fingerprint density at radius 3 is 2.92 bits per heavy atom. The van der Waals surface area contributed by atoms with Crippen LogP contribution in [0.5, 0.6) is 0 Å². The molecule has 1 amide bonds. The van der Waals surface area contributed by atoms with Crippen LogP contribution in [0.4, 0.5) is 4.39 Å². The van der Waals surface area contributed by atoms with Crippen LogP contribution in [-0.2, 0) is 6.54 Å². The SMILES string of the molecule is C=CC1C[C@H]1N1CC/C=C\c2c(nn(Cc3ccccc3F)c2Cl)C1=O. The number of hydrogen-bond donors (Lipinski definition) is 0. The van der Waals surface area contributed by atoms with Crippen LogP contribution in [0.2, 0.25) is 5.15 Å². The van der Waals surface area contributed by atoms with Crippen LogP contribution < -0.4 is 0 Å². The molecule has 1 aromatic heterocycles. The standard InChI is InChI=1S/C20H19ClFN3O/c1-2-13-11-17(13)24-10-6-5-8-15-18(20(24)26)23-25(19(15)21)12-14-7-3-4-9-16(14)22/h2-5,7-9,13,17H,1,6,10-12H2/b8-5-/t13?,17-/m1/s1. The molecular weight excluding hydrogens is 353 g/mol. The van der Waals surface area contributed by atoms with E-state index in [0.717, 1.165) is 12.8 Å². The monoisotopic (exact) mass is 371 g/mol. The number of halogens is 2. The molecule has 1 saturated carbocycles. The molecule has 1 unspecified atom stereocenters. The van der Waals surface area contributed by atoms with E-state index in [0.29, 0.717) is 34.4 Å². The summed E-state index contributed by atoms with van der Waals surface area (Å²) >= 11 is 6.47. The molecule has 2 heterocycles. The Labute approximate surface area is 156 Å². The number of fused-ring (bicyclic) bond motifs is 1. The molecule has 0 saturated heterocycles. The fraction of sp³-hybridized carbons (Fsp3) is 0.300. The number of rotatable bonds is 4. The van der Waals surface area contributed by atoms with Crippen molar-refractivity contribution >= 4 is 23.6 Å². The quantitative estimate of drug-likeness (QED) is 0.757. The average molecular weight is 372 g/mol. The Hall–Kier alpha value is -2.40. The van der Waals surface area contributed by atoms with Gasteiger partial charge in [0, 0.05) is 23.7 Å². The molecule has 2 aromatic rings. The molecule has 6 heteroatoms. The molecule has 0 N–H and O–H groups in total. The number of amides is 1. The molecule has 26 heavy (non-hydrogen) atoms. The lowest BCUT2D eigenvalue weighted by molar-refractivity contribution is 0.0733. The summed E-state index contributed by atoms with van der Waals surface area (Å²) in [5.41, 5.74) is 1.41. The Balaban J connectivity index is 1.69. The van der Waals surface area contributed by atoms with Gasteiger partial charge < -0.3 is 4.90 Å². The Morgan fingerprint density at radius 1 is 1.38 bits per heavy atom. The van der Waals surface area contributed by atoms with E-state index >= 15 is 0 Å². The molecule has 0 spiro atoms. The van der Waals surface area contributed by atoms with Crippen molar-refractivity contribution in [2.75, 3.05) is 6.54 Å². The van der Waals surface area contributed by atoms with Gasteiger partial charge in [0.05, 0.1) is 6.54 Å². The highest BCUT2D eigenvalue weighted by Gasteiger charge is 2.43. The van der Waals surface area contributed by atoms with E-state index in [9.17, 15) is 9.18 Å². The van der Waals surface area contributed by atoms with Crippen LogP contribution in [0.3, 0.4) is 0 Å². The molecule has 1 aliphatic carbocycles. The highest BCUT2D eigenvalue weighted by molar-refractivity contribution is 6.31. The van der Waals surface area contributed by atoms with Crippen molar-refractivity contribution in [1.82, 2.24) is 14.7 Å². The molecule has 0 radical (unpaired) electrons. The maximum atomic E-state index is 14.0. The zero-order valence-corrected chi connectivity index (χ0v) is 15.0. The summed E-state index contributed by atoms with van der Waals surface area (Å²) in [6, 6.07) is 6.68. The lowest BCUT2D eigenvalue weighted by Crippen LogP contribution is -2.36. The summed E-state index contributed by atoms with van der Waals surface area (Å²) in [6.45, 7) is 4.66. The normalized spacial score (nSPS) is 23.2. The summed E-state index contributed by atoms with van der Waals surface area (Å²) in [5.74, 6) is -0.0866. The molecule has 4 nitrogen and oxygen atoms in total. The lowest BCUT2D eigenvalue weighted by atomic mass is 10.1. The molecule has 0 bridgehead atoms. The zero-order valence-electron chi connectivity index (χ0n) is 14.2. The molecule has 2 atom stereocenters. The molecule has 134 valence electrons. The van der Waals surface area contributed by atoms with Crippen molar-refractivity contribution in [3.63, 3.8) is 0 Å². The Kier molecular flexibility index (Phi) is 4.41. The molecule has 1 aromatic carbocycles. The maximum absolute atomic E-state index is 14.0. The first-order chi connectivity index (χ1) is 12.6. The van der Waals surface area contributed by atoms with Crippen LogP contribution in [0.25, 0.3) is 6.08 Å². The number of hydrogen-bond acceptors (Lipinski definition) is 2. The van der Waals surface area contributed by atoms with Gasteiger partial charge in [-0.2, -0.15) is 5.10 Å². The highest BCUT2D eigenvalue weighted by atomic mass is 35.5. The van der Waals surface area contributed by atoms with Gasteiger partial charge in [0.25, 0.3) is 5.91 Å². The number of benzene rings is 1. The van der Waals surface area contributed by atoms with Crippen LogP contribution in [0.1, 0.15) is 34.5 Å². The minimum atomic E-state index is -0.318. The van der Waals surface area contributed by atoms with Gasteiger partial charge >= 0.3 is 0 Å². The summed E-state index contributed by atoms with van der Waals surface area (Å²) < 4.78 is 15.5. The van der Waals surface area contributed by atoms with E-state index in [2.05, 4.69) is 11.7 Å². The average Bonchev–Trinajstić information content (AvgIpc) is 3.34. The van der Waals surface area contributed by atoms with Crippen molar-refractivity contribution in [1.29, 1.82) is 0 Å². The third kappa shape index (κ3) is 2.97. The van der Waals surface area contributed by atoms with Crippen LogP contribution >= 0.6 is 11.6 Å². The first kappa shape index (κ1) is 17.0. The fourth-order valence-corrected chi connectivity index (χ4v) is 3.68. The van der Waals surface area contributed by atoms with Crippen LogP contribution in [-0.4, -0.2) is 33.2 Å². The largest absolute Gasteiger partial charge is 0.333 e. The van der Waals surface area contributed by atoms with E-state index in [1.807, 2.05) is 23.1 Å². The first-order valence-electron chi connectivity index (χ1n) is 8.70. The number of aromatic nitrogens is 2. The van der Waals surface area contributed by atoms with E-state index in [1.165, 1.54) is 10.7 Å². The summed E-state index contributed by atoms with van der Waals surface area (Å²) in [7, 11) is 0. The summed E-state index contributed by atoms with van der Waals surface area (Å²) in [5, 5.41) is 4.78. The van der Waals surface area contributed by atoms with Crippen molar-refractivity contribution in [3.05, 3.63) is 70.8 Å². The summed E-state index contributed by atoms with van der Waals surface area (Å²) in [4.78, 5) is 14.9. The Bertz CT molecular complexity index is 904. The third-order valence-corrected chi connectivity index (χ3v) is 5.39. The molecule has 4 rings (SSSR count). The second kappa shape index (κ2) is 6.72. The lowest BCUT2D eigenvalue weighted by Gasteiger charge is -2.23. The minimum absolute atomic E-state index is 0.118. The maximum Gasteiger partial charge on any atom is 0.275 e. The van der Waals surface area contributed by atoms with Crippen molar-refractivity contribution in [2.45, 2.75) is 25.4 Å². The summed E-state index contributed by atoms with van der Waals surface area (Å²) in [6.07, 6.45) is 7.45. The predicted molar refractivity (Wildman–Crippen MR) is 99.5 cm³/mol. The topological polar surface area (TPSA) is 38.1 Å². The van der Waals surface area contributed by atoms with Crippen LogP contribution in [0.15, 0.2) is 43.0 Å². The van der Waals surface area contributed by atoms with Crippen LogP contribution in [0, 0.1) is 11.7 Å². The molecule has 1 aliphatic heterocycles. The van der Waals surface area contributed by atoms with E-state index in [4.69, 9.17) is 11.6 Å². The Morgan fingerprint density at radius 2 is 2.19 bits per heavy atom. The van der Waals surface area contributed by atoms with Crippen molar-refractivity contribution < 1.29 is 9.18 Å². The van der Waals surface area contributed by atoms with E-state index in [-0.39, 0.29) is 24.3 Å². The third-order valence-electron chi connectivity index (χ3n) is 5.00. The fourth-order valence-electron chi connectivity index (χ4n) is 3.43. The van der Waals surface area contributed by atoms with E-state index < -0.39 is 0 Å². The number of nitrogens with zero attached hydrogens (tertiary/aromatic N) is 3. The second-order valence-electron chi connectivity index (χ2n) is 6.69. The van der Waals surface area contributed by atoms with Gasteiger partial charge in [-0.3, -0.25) is 4.79 Å². The molecular formula is C20H19ClFN3O. The van der Waals surface area contributed by atoms with Gasteiger partial charge in [0.15, 0.2) is 5.69 Å². The second-order valence-corrected chi connectivity index (χ2v) is 7.05. The highest BCUT2D eigenvalue weighted by Crippen LogP contribution is 2.38. The zero-order chi connectivity index (χ0) is 18.3. The predicted octanol–water partition coefficient (Wildman–Crippen LogP) is 4.16. The van der Waals surface area contributed by atoms with Gasteiger partial charge in [-0.15, -0.1) is 6.58 Å². The van der Waals surface area contributed by atoms with Gasteiger partial charge in [-0.1, -0.05) is 48.0 Å². The van der Waals surface area contributed by atoms with Gasteiger partial charge in [-0.25, -0.2) is 9.07 Å². The van der Waals surface area contributed by atoms with Crippen molar-refractivity contribution in [3.8, 4) is 0 Å². The minimum Gasteiger partial charge on any atom is -0.333 e. The van der Waals surface area contributed by atoms with Gasteiger partial charge in [-0.05, 0) is 24.8 Å². The molecule has 2 aliphatic rings.